The van der Waals surface area contributed by atoms with Crippen LogP contribution < -0.4 is 0 Å². The quantitative estimate of drug-likeness (QED) is 0.505. The Morgan fingerprint density at radius 2 is 1.86 bits per heavy atom. The van der Waals surface area contributed by atoms with Crippen LogP contribution in [0, 0.1) is 13.8 Å². The van der Waals surface area contributed by atoms with Crippen molar-refractivity contribution in [3.05, 3.63) is 59.9 Å². The number of hydrogen-bond donors (Lipinski definition) is 0. The van der Waals surface area contributed by atoms with Crippen molar-refractivity contribution in [2.45, 2.75) is 45.4 Å². The second kappa shape index (κ2) is 6.59. The van der Waals surface area contributed by atoms with Crippen molar-refractivity contribution in [1.82, 2.24) is 24.1 Å². The van der Waals surface area contributed by atoms with Crippen molar-refractivity contribution in [2.24, 2.45) is 7.05 Å². The molecule has 0 bridgehead atoms. The number of fused-ring (bicyclic) bond motifs is 1. The lowest BCUT2D eigenvalue weighted by molar-refractivity contribution is 0.697. The summed E-state index contributed by atoms with van der Waals surface area (Å²) in [5, 5.41) is 4.35. The summed E-state index contributed by atoms with van der Waals surface area (Å²) in [6.07, 6.45) is 11.0. The fourth-order valence-electron chi connectivity index (χ4n) is 4.44. The minimum Gasteiger partial charge on any atom is -0.300 e. The Labute approximate surface area is 165 Å². The van der Waals surface area contributed by atoms with Crippen LogP contribution in [0.15, 0.2) is 43.0 Å². The molecule has 1 aliphatic carbocycles. The second-order valence-electron chi connectivity index (χ2n) is 8.07. The molecule has 0 N–H and O–H groups in total. The van der Waals surface area contributed by atoms with Crippen LogP contribution in [0.5, 0.6) is 0 Å². The van der Waals surface area contributed by atoms with Crippen LogP contribution in [0.2, 0.25) is 0 Å². The molecule has 1 fully saturated rings. The Kier molecular flexibility index (Phi) is 4.04. The number of rotatable bonds is 3. The first-order valence-electron chi connectivity index (χ1n) is 10.0. The summed E-state index contributed by atoms with van der Waals surface area (Å²) < 4.78 is 3.98. The summed E-state index contributed by atoms with van der Waals surface area (Å²) in [5.41, 5.74) is 9.07. The fraction of sp³-hybridized carbons (Fsp3) is 0.348. The lowest BCUT2D eigenvalue weighted by atomic mass is 10.00. The molecule has 0 aliphatic heterocycles. The highest BCUT2D eigenvalue weighted by Gasteiger charge is 2.21. The van der Waals surface area contributed by atoms with E-state index < -0.39 is 0 Å². The predicted molar refractivity (Wildman–Crippen MR) is 111 cm³/mol. The zero-order valence-electron chi connectivity index (χ0n) is 16.7. The Bertz CT molecular complexity index is 1160. The molecule has 1 aliphatic rings. The summed E-state index contributed by atoms with van der Waals surface area (Å²) in [6, 6.07) is 8.85. The average Bonchev–Trinajstić information content (AvgIpc) is 3.40. The summed E-state index contributed by atoms with van der Waals surface area (Å²) in [5.74, 6) is 0.605. The molecule has 0 radical (unpaired) electrons. The predicted octanol–water partition coefficient (Wildman–Crippen LogP) is 5.07. The molecule has 5 heteroatoms. The zero-order chi connectivity index (χ0) is 19.3. The Hall–Kier alpha value is -2.95. The molecule has 0 spiro atoms. The maximum Gasteiger partial charge on any atom is 0.0999 e. The molecule has 4 heterocycles. The van der Waals surface area contributed by atoms with Crippen LogP contribution in [-0.4, -0.2) is 24.1 Å². The van der Waals surface area contributed by atoms with Gasteiger partial charge in [0.25, 0.3) is 0 Å². The lowest BCUT2D eigenvalue weighted by Crippen LogP contribution is -1.99. The van der Waals surface area contributed by atoms with E-state index in [-0.39, 0.29) is 0 Å². The van der Waals surface area contributed by atoms with E-state index in [0.29, 0.717) is 5.92 Å². The van der Waals surface area contributed by atoms with Crippen LogP contribution >= 0.6 is 0 Å². The first kappa shape index (κ1) is 17.2. The summed E-state index contributed by atoms with van der Waals surface area (Å²) >= 11 is 0. The summed E-state index contributed by atoms with van der Waals surface area (Å²) in [6.45, 7) is 4.21. The van der Waals surface area contributed by atoms with Gasteiger partial charge in [0, 0.05) is 41.7 Å². The molecule has 142 valence electrons. The molecule has 4 aromatic rings. The van der Waals surface area contributed by atoms with Gasteiger partial charge in [-0.15, -0.1) is 0 Å². The van der Waals surface area contributed by atoms with Crippen molar-refractivity contribution >= 4 is 5.52 Å². The molecule has 5 rings (SSSR count). The van der Waals surface area contributed by atoms with Crippen LogP contribution in [-0.2, 0) is 7.05 Å². The van der Waals surface area contributed by atoms with Gasteiger partial charge in [0.05, 0.1) is 29.4 Å². The first-order valence-corrected chi connectivity index (χ1v) is 10.0. The monoisotopic (exact) mass is 371 g/mol. The minimum atomic E-state index is 0.605. The number of nitrogens with zero attached hydrogens (tertiary/aromatic N) is 5. The molecular formula is C23H25N5. The van der Waals surface area contributed by atoms with E-state index in [1.807, 2.05) is 37.4 Å². The van der Waals surface area contributed by atoms with Gasteiger partial charge < -0.3 is 0 Å². The van der Waals surface area contributed by atoms with Gasteiger partial charge in [-0.3, -0.25) is 14.1 Å². The minimum absolute atomic E-state index is 0.605. The molecule has 4 aromatic heterocycles. The van der Waals surface area contributed by atoms with Crippen LogP contribution in [0.25, 0.3) is 28.0 Å². The summed E-state index contributed by atoms with van der Waals surface area (Å²) in [7, 11) is 1.94. The van der Waals surface area contributed by atoms with Crippen molar-refractivity contribution in [3.8, 4) is 22.5 Å². The van der Waals surface area contributed by atoms with Crippen molar-refractivity contribution < 1.29 is 0 Å². The zero-order valence-corrected chi connectivity index (χ0v) is 16.7. The lowest BCUT2D eigenvalue weighted by Gasteiger charge is -2.12. The maximum absolute atomic E-state index is 5.12. The summed E-state index contributed by atoms with van der Waals surface area (Å²) in [4.78, 5) is 9.64. The van der Waals surface area contributed by atoms with Crippen molar-refractivity contribution in [1.29, 1.82) is 0 Å². The first-order chi connectivity index (χ1) is 13.6. The normalized spacial score (nSPS) is 15.0. The van der Waals surface area contributed by atoms with Gasteiger partial charge in [0.15, 0.2) is 0 Å². The van der Waals surface area contributed by atoms with E-state index in [1.165, 1.54) is 36.9 Å². The molecule has 1 saturated carbocycles. The number of hydrogen-bond acceptors (Lipinski definition) is 3. The van der Waals surface area contributed by atoms with Gasteiger partial charge in [-0.05, 0) is 56.5 Å². The maximum atomic E-state index is 5.12. The highest BCUT2D eigenvalue weighted by atomic mass is 15.2. The van der Waals surface area contributed by atoms with E-state index in [0.717, 1.165) is 33.7 Å². The van der Waals surface area contributed by atoms with Crippen LogP contribution in [0.1, 0.15) is 48.6 Å². The van der Waals surface area contributed by atoms with Gasteiger partial charge in [-0.2, -0.15) is 5.10 Å². The van der Waals surface area contributed by atoms with Crippen LogP contribution in [0.4, 0.5) is 0 Å². The largest absolute Gasteiger partial charge is 0.300 e. The third-order valence-electron chi connectivity index (χ3n) is 5.84. The standard InChI is InChI=1S/C23H25N5/c1-15-8-20(17-6-4-5-7-17)26-21(9-15)19-11-22(18-12-25-27(3)13-18)28-14-24-16(2)10-23(19)28/h8-14,17H,4-7H2,1-3H3. The topological polar surface area (TPSA) is 48.0 Å². The Morgan fingerprint density at radius 3 is 2.61 bits per heavy atom. The van der Waals surface area contributed by atoms with Gasteiger partial charge in [0.1, 0.15) is 0 Å². The highest BCUT2D eigenvalue weighted by molar-refractivity contribution is 5.85. The van der Waals surface area contributed by atoms with Gasteiger partial charge in [-0.1, -0.05) is 12.8 Å². The molecule has 5 nitrogen and oxygen atoms in total. The average molecular weight is 371 g/mol. The number of pyridine rings is 1. The SMILES string of the molecule is Cc1cc(-c2cc(-c3cnn(C)c3)n3cnc(C)cc23)nc(C2CCCC2)c1. The Balaban J connectivity index is 1.72. The van der Waals surface area contributed by atoms with Crippen molar-refractivity contribution in [3.63, 3.8) is 0 Å². The van der Waals surface area contributed by atoms with E-state index in [2.05, 4.69) is 45.7 Å². The smallest absolute Gasteiger partial charge is 0.0999 e. The highest BCUT2D eigenvalue weighted by Crippen LogP contribution is 2.37. The Morgan fingerprint density at radius 1 is 1.04 bits per heavy atom. The van der Waals surface area contributed by atoms with Gasteiger partial charge in [-0.25, -0.2) is 4.98 Å². The molecule has 28 heavy (non-hydrogen) atoms. The molecule has 0 aromatic carbocycles. The van der Waals surface area contributed by atoms with Crippen LogP contribution in [0.3, 0.4) is 0 Å². The number of aryl methyl sites for hydroxylation is 3. The molecule has 0 saturated heterocycles. The van der Waals surface area contributed by atoms with Crippen molar-refractivity contribution in [2.75, 3.05) is 0 Å². The number of aromatic nitrogens is 5. The molecule has 0 unspecified atom stereocenters. The van der Waals surface area contributed by atoms with E-state index in [4.69, 9.17) is 4.98 Å². The van der Waals surface area contributed by atoms with Gasteiger partial charge in [0.2, 0.25) is 0 Å². The fourth-order valence-corrected chi connectivity index (χ4v) is 4.44. The molecular weight excluding hydrogens is 346 g/mol. The third-order valence-corrected chi connectivity index (χ3v) is 5.84. The van der Waals surface area contributed by atoms with E-state index in [9.17, 15) is 0 Å². The molecule has 0 atom stereocenters. The molecule has 0 amide bonds. The van der Waals surface area contributed by atoms with Gasteiger partial charge >= 0.3 is 0 Å². The third kappa shape index (κ3) is 2.91. The second-order valence-corrected chi connectivity index (χ2v) is 8.07. The van der Waals surface area contributed by atoms with E-state index in [1.54, 1.807) is 0 Å². The van der Waals surface area contributed by atoms with E-state index >= 15 is 0 Å².